The number of aromatic nitrogens is 1. The number of nitrogens with two attached hydrogens (primary N) is 1. The Labute approximate surface area is 124 Å². The summed E-state index contributed by atoms with van der Waals surface area (Å²) in [5.74, 6) is 0.171. The first-order valence-corrected chi connectivity index (χ1v) is 8.44. The molecular formula is C15H19N3O2S. The molecule has 0 saturated carbocycles. The van der Waals surface area contributed by atoms with E-state index in [0.717, 1.165) is 10.9 Å². The van der Waals surface area contributed by atoms with E-state index in [9.17, 15) is 8.42 Å². The Morgan fingerprint density at radius 1 is 1.33 bits per heavy atom. The number of rotatable bonds is 2. The fourth-order valence-corrected chi connectivity index (χ4v) is 4.48. The van der Waals surface area contributed by atoms with Crippen molar-refractivity contribution in [3.05, 3.63) is 36.0 Å². The van der Waals surface area contributed by atoms with Gasteiger partial charge in [-0.05, 0) is 30.5 Å². The maximum absolute atomic E-state index is 12.9. The van der Waals surface area contributed by atoms with E-state index in [2.05, 4.69) is 4.98 Å². The predicted molar refractivity (Wildman–Crippen MR) is 82.4 cm³/mol. The molecule has 1 fully saturated rings. The minimum Gasteiger partial charge on any atom is -0.326 e. The Morgan fingerprint density at radius 2 is 2.10 bits per heavy atom. The van der Waals surface area contributed by atoms with Crippen molar-refractivity contribution in [1.82, 2.24) is 9.29 Å². The van der Waals surface area contributed by atoms with Crippen LogP contribution in [0.3, 0.4) is 0 Å². The number of sulfonamides is 1. The largest absolute Gasteiger partial charge is 0.326 e. The van der Waals surface area contributed by atoms with Gasteiger partial charge < -0.3 is 5.73 Å². The van der Waals surface area contributed by atoms with Gasteiger partial charge in [0.25, 0.3) is 0 Å². The first-order chi connectivity index (χ1) is 9.89. The van der Waals surface area contributed by atoms with Gasteiger partial charge in [-0.1, -0.05) is 19.1 Å². The second-order valence-corrected chi connectivity index (χ2v) is 7.71. The highest BCUT2D eigenvalue weighted by atomic mass is 32.2. The minimum absolute atomic E-state index is 0.107. The van der Waals surface area contributed by atoms with Gasteiger partial charge >= 0.3 is 0 Å². The summed E-state index contributed by atoms with van der Waals surface area (Å²) in [6.45, 7) is 4.75. The highest BCUT2D eigenvalue weighted by molar-refractivity contribution is 7.89. The highest BCUT2D eigenvalue weighted by Gasteiger charge is 2.36. The van der Waals surface area contributed by atoms with Crippen LogP contribution in [0.2, 0.25) is 0 Å². The third-order valence-corrected chi connectivity index (χ3v) is 5.93. The summed E-state index contributed by atoms with van der Waals surface area (Å²) in [6.07, 6.45) is 1.69. The van der Waals surface area contributed by atoms with Gasteiger partial charge in [-0.3, -0.25) is 4.98 Å². The summed E-state index contributed by atoms with van der Waals surface area (Å²) in [5.41, 5.74) is 7.49. The maximum Gasteiger partial charge on any atom is 0.245 e. The van der Waals surface area contributed by atoms with Crippen LogP contribution >= 0.6 is 0 Å². The van der Waals surface area contributed by atoms with Crippen LogP contribution in [0.1, 0.15) is 12.5 Å². The van der Waals surface area contributed by atoms with E-state index in [1.807, 2.05) is 26.0 Å². The Kier molecular flexibility index (Phi) is 3.47. The molecule has 112 valence electrons. The first-order valence-electron chi connectivity index (χ1n) is 7.00. The van der Waals surface area contributed by atoms with E-state index in [0.29, 0.717) is 18.6 Å². The summed E-state index contributed by atoms with van der Waals surface area (Å²) < 4.78 is 27.2. The van der Waals surface area contributed by atoms with Crippen LogP contribution in [0.5, 0.6) is 0 Å². The third kappa shape index (κ3) is 2.43. The van der Waals surface area contributed by atoms with Crippen molar-refractivity contribution in [2.24, 2.45) is 11.7 Å². The quantitative estimate of drug-likeness (QED) is 0.912. The van der Waals surface area contributed by atoms with Gasteiger partial charge in [0, 0.05) is 30.7 Å². The van der Waals surface area contributed by atoms with Gasteiger partial charge in [-0.15, -0.1) is 0 Å². The lowest BCUT2D eigenvalue weighted by molar-refractivity contribution is 0.465. The van der Waals surface area contributed by atoms with E-state index in [-0.39, 0.29) is 16.9 Å². The molecule has 0 bridgehead atoms. The number of hydrogen-bond acceptors (Lipinski definition) is 4. The summed E-state index contributed by atoms with van der Waals surface area (Å²) in [5, 5.41) is 0.840. The number of fused-ring (bicyclic) bond motifs is 1. The molecule has 0 amide bonds. The van der Waals surface area contributed by atoms with E-state index in [4.69, 9.17) is 5.73 Å². The smallest absolute Gasteiger partial charge is 0.245 e. The lowest BCUT2D eigenvalue weighted by atomic mass is 10.1. The number of nitrogens with zero attached hydrogens (tertiary/aromatic N) is 2. The number of aryl methyl sites for hydroxylation is 1. The van der Waals surface area contributed by atoms with Gasteiger partial charge in [0.2, 0.25) is 10.0 Å². The monoisotopic (exact) mass is 305 g/mol. The average molecular weight is 305 g/mol. The molecule has 2 N–H and O–H groups in total. The molecular weight excluding hydrogens is 286 g/mol. The molecule has 0 spiro atoms. The van der Waals surface area contributed by atoms with Gasteiger partial charge in [-0.25, -0.2) is 8.42 Å². The van der Waals surface area contributed by atoms with Crippen LogP contribution in [0.25, 0.3) is 10.9 Å². The van der Waals surface area contributed by atoms with Crippen LogP contribution in [0, 0.1) is 12.8 Å². The molecule has 6 heteroatoms. The van der Waals surface area contributed by atoms with Crippen LogP contribution in [-0.4, -0.2) is 36.8 Å². The third-order valence-electron chi connectivity index (χ3n) is 4.07. The zero-order chi connectivity index (χ0) is 15.2. The summed E-state index contributed by atoms with van der Waals surface area (Å²) >= 11 is 0. The molecule has 1 aliphatic heterocycles. The molecule has 2 heterocycles. The minimum atomic E-state index is -3.55. The normalized spacial score (nSPS) is 23.8. The summed E-state index contributed by atoms with van der Waals surface area (Å²) in [6, 6.07) is 7.10. The lowest BCUT2D eigenvalue weighted by Gasteiger charge is -2.17. The van der Waals surface area contributed by atoms with E-state index >= 15 is 0 Å². The van der Waals surface area contributed by atoms with E-state index < -0.39 is 10.0 Å². The van der Waals surface area contributed by atoms with Gasteiger partial charge in [0.05, 0.1) is 5.52 Å². The summed E-state index contributed by atoms with van der Waals surface area (Å²) in [7, 11) is -3.55. The van der Waals surface area contributed by atoms with Crippen LogP contribution in [0.4, 0.5) is 0 Å². The van der Waals surface area contributed by atoms with Gasteiger partial charge in [0.1, 0.15) is 4.90 Å². The second kappa shape index (κ2) is 5.05. The average Bonchev–Trinajstić information content (AvgIpc) is 2.78. The molecule has 2 aromatic rings. The second-order valence-electron chi connectivity index (χ2n) is 5.80. The standard InChI is InChI=1S/C15H19N3O2S/c1-10-6-12-4-3-5-14(15(12)17-7-10)21(19,20)18-8-11(2)13(16)9-18/h3-7,11,13H,8-9,16H2,1-2H3. The molecule has 0 aliphatic carbocycles. The Bertz CT molecular complexity index is 779. The Hall–Kier alpha value is -1.50. The van der Waals surface area contributed by atoms with E-state index in [1.165, 1.54) is 4.31 Å². The molecule has 2 unspecified atom stereocenters. The molecule has 5 nitrogen and oxygen atoms in total. The Morgan fingerprint density at radius 3 is 2.76 bits per heavy atom. The zero-order valence-corrected chi connectivity index (χ0v) is 13.0. The van der Waals surface area contributed by atoms with Gasteiger partial charge in [0.15, 0.2) is 0 Å². The molecule has 21 heavy (non-hydrogen) atoms. The number of para-hydroxylation sites is 1. The number of pyridine rings is 1. The van der Waals surface area contributed by atoms with Crippen molar-refractivity contribution in [2.75, 3.05) is 13.1 Å². The number of benzene rings is 1. The van der Waals surface area contributed by atoms with Crippen molar-refractivity contribution < 1.29 is 8.42 Å². The molecule has 0 radical (unpaired) electrons. The first kappa shape index (κ1) is 14.4. The van der Waals surface area contributed by atoms with Crippen molar-refractivity contribution in [1.29, 1.82) is 0 Å². The molecule has 3 rings (SSSR count). The fourth-order valence-electron chi connectivity index (χ4n) is 2.73. The van der Waals surface area contributed by atoms with Crippen molar-refractivity contribution in [3.8, 4) is 0 Å². The van der Waals surface area contributed by atoms with Gasteiger partial charge in [-0.2, -0.15) is 4.31 Å². The molecule has 1 saturated heterocycles. The molecule has 1 aromatic heterocycles. The fraction of sp³-hybridized carbons (Fsp3) is 0.400. The van der Waals surface area contributed by atoms with Crippen molar-refractivity contribution in [3.63, 3.8) is 0 Å². The molecule has 2 atom stereocenters. The number of hydrogen-bond donors (Lipinski definition) is 1. The maximum atomic E-state index is 12.9. The Balaban J connectivity index is 2.12. The van der Waals surface area contributed by atoms with Crippen molar-refractivity contribution >= 4 is 20.9 Å². The van der Waals surface area contributed by atoms with Crippen molar-refractivity contribution in [2.45, 2.75) is 24.8 Å². The molecule has 1 aromatic carbocycles. The van der Waals surface area contributed by atoms with Crippen LogP contribution < -0.4 is 5.73 Å². The summed E-state index contributed by atoms with van der Waals surface area (Å²) in [4.78, 5) is 4.58. The molecule has 1 aliphatic rings. The lowest BCUT2D eigenvalue weighted by Crippen LogP contribution is -2.32. The van der Waals surface area contributed by atoms with Crippen LogP contribution in [-0.2, 0) is 10.0 Å². The van der Waals surface area contributed by atoms with E-state index in [1.54, 1.807) is 18.3 Å². The topological polar surface area (TPSA) is 76.3 Å². The predicted octanol–water partition coefficient (Wildman–Crippen LogP) is 1.51. The zero-order valence-electron chi connectivity index (χ0n) is 12.2. The highest BCUT2D eigenvalue weighted by Crippen LogP contribution is 2.28. The SMILES string of the molecule is Cc1cnc2c(S(=O)(=O)N3CC(C)C(N)C3)cccc2c1. The van der Waals surface area contributed by atoms with Crippen LogP contribution in [0.15, 0.2) is 35.4 Å².